The normalized spacial score (nSPS) is 31.6. The Labute approximate surface area is 321 Å². The van der Waals surface area contributed by atoms with Gasteiger partial charge in [0.05, 0.1) is 29.7 Å². The topological polar surface area (TPSA) is 101 Å². The number of fused-ring (bicyclic) bond motifs is 3. The summed E-state index contributed by atoms with van der Waals surface area (Å²) in [7, 11) is -2.11. The number of piperazine rings is 1. The largest absolute Gasteiger partial charge is 0.487 e. The van der Waals surface area contributed by atoms with E-state index in [-0.39, 0.29) is 17.4 Å². The minimum absolute atomic E-state index is 0.136. The molecule has 2 aromatic carbocycles. The van der Waals surface area contributed by atoms with Crippen molar-refractivity contribution in [1.82, 2.24) is 14.5 Å². The number of ether oxygens (including phenoxy) is 3. The Morgan fingerprint density at radius 1 is 1.00 bits per heavy atom. The van der Waals surface area contributed by atoms with Gasteiger partial charge in [0.15, 0.2) is 0 Å². The van der Waals surface area contributed by atoms with Gasteiger partial charge in [-0.1, -0.05) is 36.7 Å². The van der Waals surface area contributed by atoms with Crippen LogP contribution in [0.3, 0.4) is 0 Å². The number of hydrogen-bond donors (Lipinski definition) is 1. The van der Waals surface area contributed by atoms with Crippen LogP contribution in [0.15, 0.2) is 48.6 Å². The first-order valence-corrected chi connectivity index (χ1v) is 21.5. The standard InChI is InChI=1S/C41H57ClN4O6S/c1-29-8-7-16-41(50-4,26-44-18-20-46(21-19-44)40(3)27-51-28-40)36-14-11-33(36)24-45-17-6-5-9-31-22-35(42)13-10-34(31)25-52-38-15-12-32(23-37(38)45)39(47)43-53(48,49)30(29)2/h7,10,12-13,15-16,22-23,29-30,33,36H,5-6,8-9,11,14,17-21,24-28H2,1-4H3,(H,43,47)/b16-7+/t29-,30+,33-,36+,41+/m0/s1. The second-order valence-corrected chi connectivity index (χ2v) is 18.9. The number of benzene rings is 2. The van der Waals surface area contributed by atoms with Crippen molar-refractivity contribution in [2.75, 3.05) is 71.0 Å². The van der Waals surface area contributed by atoms with Crippen molar-refractivity contribution in [1.29, 1.82) is 0 Å². The SMILES string of the molecule is CO[C@@]1(CN2CCN(C3(C)COC3)CC2)/C=C/C[C@H](C)[C@@H](C)S(=O)(=O)NC(=O)c2ccc3c(c2)N(CCCCc2cc(Cl)ccc2CO3)C[C@@H]2CC[C@H]21. The highest BCUT2D eigenvalue weighted by Gasteiger charge is 2.49. The number of nitrogens with one attached hydrogen (secondary N) is 1. The summed E-state index contributed by atoms with van der Waals surface area (Å²) in [5.74, 6) is 0.446. The molecule has 0 aromatic heterocycles. The molecule has 290 valence electrons. The number of allylic oxidation sites excluding steroid dienone is 1. The van der Waals surface area contributed by atoms with Crippen LogP contribution < -0.4 is 14.4 Å². The van der Waals surface area contributed by atoms with Crippen LogP contribution in [0, 0.1) is 17.8 Å². The van der Waals surface area contributed by atoms with E-state index >= 15 is 0 Å². The van der Waals surface area contributed by atoms with Gasteiger partial charge in [0, 0.05) is 63.5 Å². The molecular formula is C41H57ClN4O6S. The molecule has 0 radical (unpaired) electrons. The maximum atomic E-state index is 13.6. The number of nitrogens with zero attached hydrogens (tertiary/aromatic N) is 3. The molecule has 4 heterocycles. The molecule has 0 spiro atoms. The Bertz CT molecular complexity index is 1780. The fraction of sp³-hybridized carbons (Fsp3) is 0.634. The average molecular weight is 769 g/mol. The molecule has 2 bridgehead atoms. The summed E-state index contributed by atoms with van der Waals surface area (Å²) >= 11 is 6.41. The zero-order valence-electron chi connectivity index (χ0n) is 31.8. The molecule has 1 N–H and O–H groups in total. The second kappa shape index (κ2) is 15.8. The van der Waals surface area contributed by atoms with E-state index in [1.165, 1.54) is 5.56 Å². The van der Waals surface area contributed by atoms with Gasteiger partial charge in [0.25, 0.3) is 5.91 Å². The van der Waals surface area contributed by atoms with Crippen molar-refractivity contribution in [3.8, 4) is 5.75 Å². The van der Waals surface area contributed by atoms with Crippen LogP contribution in [-0.2, 0) is 32.5 Å². The third kappa shape index (κ3) is 8.17. The van der Waals surface area contributed by atoms with Crippen LogP contribution >= 0.6 is 11.6 Å². The lowest BCUT2D eigenvalue weighted by molar-refractivity contribution is -0.146. The molecule has 4 aliphatic heterocycles. The van der Waals surface area contributed by atoms with Gasteiger partial charge in [-0.15, -0.1) is 0 Å². The molecule has 3 fully saturated rings. The van der Waals surface area contributed by atoms with E-state index < -0.39 is 26.8 Å². The number of carbonyl (C=O) groups excluding carboxylic acids is 1. The summed E-state index contributed by atoms with van der Waals surface area (Å²) in [5.41, 5.74) is 3.00. The quantitative estimate of drug-likeness (QED) is 0.380. The zero-order valence-corrected chi connectivity index (χ0v) is 33.4. The molecule has 53 heavy (non-hydrogen) atoms. The van der Waals surface area contributed by atoms with Crippen LogP contribution in [0.1, 0.15) is 74.4 Å². The lowest BCUT2D eigenvalue weighted by Crippen LogP contribution is -2.65. The van der Waals surface area contributed by atoms with E-state index in [9.17, 15) is 13.2 Å². The predicted octanol–water partition coefficient (Wildman–Crippen LogP) is 5.92. The minimum atomic E-state index is -3.96. The molecule has 5 aliphatic rings. The highest BCUT2D eigenvalue weighted by molar-refractivity contribution is 7.90. The van der Waals surface area contributed by atoms with Crippen LogP contribution in [0.25, 0.3) is 0 Å². The summed E-state index contributed by atoms with van der Waals surface area (Å²) in [6.45, 7) is 14.1. The smallest absolute Gasteiger partial charge is 0.264 e. The second-order valence-electron chi connectivity index (χ2n) is 16.4. The highest BCUT2D eigenvalue weighted by Crippen LogP contribution is 2.47. The Morgan fingerprint density at radius 3 is 2.49 bits per heavy atom. The minimum Gasteiger partial charge on any atom is -0.487 e. The number of sulfonamides is 1. The Balaban J connectivity index is 1.23. The fourth-order valence-corrected chi connectivity index (χ4v) is 10.5. The third-order valence-corrected chi connectivity index (χ3v) is 15.1. The number of aryl methyl sites for hydroxylation is 1. The van der Waals surface area contributed by atoms with E-state index in [1.807, 2.05) is 44.4 Å². The Hall–Kier alpha value is -2.67. The summed E-state index contributed by atoms with van der Waals surface area (Å²) in [6.07, 6.45) is 9.89. The zero-order chi connectivity index (χ0) is 37.4. The average Bonchev–Trinajstić information content (AvgIpc) is 3.14. The number of rotatable bonds is 4. The summed E-state index contributed by atoms with van der Waals surface area (Å²) < 4.78 is 48.4. The Kier molecular flexibility index (Phi) is 11.5. The number of hydrogen-bond acceptors (Lipinski definition) is 9. The van der Waals surface area contributed by atoms with Crippen molar-refractivity contribution in [2.45, 2.75) is 82.3 Å². The molecule has 5 atom stereocenters. The van der Waals surface area contributed by atoms with Crippen molar-refractivity contribution < 1.29 is 27.4 Å². The number of amides is 1. The van der Waals surface area contributed by atoms with Gasteiger partial charge in [-0.25, -0.2) is 13.1 Å². The van der Waals surface area contributed by atoms with Crippen molar-refractivity contribution in [3.05, 3.63) is 70.3 Å². The van der Waals surface area contributed by atoms with Gasteiger partial charge in [-0.3, -0.25) is 14.6 Å². The first kappa shape index (κ1) is 38.6. The maximum absolute atomic E-state index is 13.6. The van der Waals surface area contributed by atoms with Gasteiger partial charge in [0.2, 0.25) is 10.0 Å². The van der Waals surface area contributed by atoms with Gasteiger partial charge in [-0.2, -0.15) is 0 Å². The molecule has 2 aromatic rings. The molecule has 10 nitrogen and oxygen atoms in total. The molecule has 2 saturated heterocycles. The van der Waals surface area contributed by atoms with Gasteiger partial charge < -0.3 is 19.1 Å². The molecular weight excluding hydrogens is 712 g/mol. The van der Waals surface area contributed by atoms with Crippen LogP contribution in [0.4, 0.5) is 5.69 Å². The molecule has 0 unspecified atom stereocenters. The van der Waals surface area contributed by atoms with E-state index in [2.05, 4.69) is 38.5 Å². The Morgan fingerprint density at radius 2 is 1.79 bits per heavy atom. The third-order valence-electron chi connectivity index (χ3n) is 13.0. The monoisotopic (exact) mass is 768 g/mol. The van der Waals surface area contributed by atoms with Gasteiger partial charge in [-0.05, 0) is 112 Å². The highest BCUT2D eigenvalue weighted by atomic mass is 35.5. The number of methoxy groups -OCH3 is 1. The van der Waals surface area contributed by atoms with Crippen molar-refractivity contribution in [3.63, 3.8) is 0 Å². The van der Waals surface area contributed by atoms with Crippen molar-refractivity contribution in [2.24, 2.45) is 17.8 Å². The molecule has 1 aliphatic carbocycles. The van der Waals surface area contributed by atoms with Crippen molar-refractivity contribution >= 4 is 33.2 Å². The van der Waals surface area contributed by atoms with Crippen LogP contribution in [0.5, 0.6) is 5.75 Å². The van der Waals surface area contributed by atoms with Gasteiger partial charge in [0.1, 0.15) is 18.0 Å². The first-order valence-electron chi connectivity index (χ1n) is 19.5. The lowest BCUT2D eigenvalue weighted by atomic mass is 9.63. The number of anilines is 1. The first-order chi connectivity index (χ1) is 25.4. The molecule has 7 rings (SSSR count). The van der Waals surface area contributed by atoms with E-state index in [0.717, 1.165) is 107 Å². The summed E-state index contributed by atoms with van der Waals surface area (Å²) in [6, 6.07) is 11.3. The van der Waals surface area contributed by atoms with E-state index in [0.29, 0.717) is 30.3 Å². The lowest BCUT2D eigenvalue weighted by Gasteiger charge is -2.53. The fourth-order valence-electron chi connectivity index (χ4n) is 9.01. The predicted molar refractivity (Wildman–Crippen MR) is 209 cm³/mol. The number of carbonyl (C=O) groups is 1. The molecule has 1 saturated carbocycles. The van der Waals surface area contributed by atoms with E-state index in [4.69, 9.17) is 25.8 Å². The molecule has 1 amide bonds. The summed E-state index contributed by atoms with van der Waals surface area (Å²) in [5, 5.41) is -0.0640. The summed E-state index contributed by atoms with van der Waals surface area (Å²) in [4.78, 5) is 21.1. The molecule has 12 heteroatoms. The van der Waals surface area contributed by atoms with Gasteiger partial charge >= 0.3 is 0 Å². The number of halogens is 1. The maximum Gasteiger partial charge on any atom is 0.264 e. The van der Waals surface area contributed by atoms with E-state index in [1.54, 1.807) is 13.0 Å². The van der Waals surface area contributed by atoms with Crippen LogP contribution in [-0.4, -0.2) is 107 Å². The van der Waals surface area contributed by atoms with Crippen LogP contribution in [0.2, 0.25) is 5.02 Å².